The Morgan fingerprint density at radius 1 is 1.28 bits per heavy atom. The number of hydrogen-bond donors (Lipinski definition) is 4. The molecule has 0 rings (SSSR count). The van der Waals surface area contributed by atoms with E-state index < -0.39 is 29.9 Å². The molecule has 0 aliphatic heterocycles. The van der Waals surface area contributed by atoms with Gasteiger partial charge in [-0.25, -0.2) is 4.79 Å². The summed E-state index contributed by atoms with van der Waals surface area (Å²) in [4.78, 5) is 33.0. The van der Waals surface area contributed by atoms with Crippen LogP contribution in [-0.2, 0) is 14.4 Å². The molecule has 2 atom stereocenters. The third kappa shape index (κ3) is 6.85. The van der Waals surface area contributed by atoms with Crippen molar-refractivity contribution in [2.75, 3.05) is 0 Å². The molecule has 18 heavy (non-hydrogen) atoms. The highest BCUT2D eigenvalue weighted by Gasteiger charge is 2.23. The van der Waals surface area contributed by atoms with Crippen LogP contribution in [-0.4, -0.2) is 35.0 Å². The normalized spacial score (nSPS) is 13.7. The third-order valence-electron chi connectivity index (χ3n) is 2.50. The first-order valence-electron chi connectivity index (χ1n) is 5.95. The summed E-state index contributed by atoms with van der Waals surface area (Å²) < 4.78 is 0. The summed E-state index contributed by atoms with van der Waals surface area (Å²) in [5.74, 6) is -2.32. The first kappa shape index (κ1) is 16.4. The smallest absolute Gasteiger partial charge is 0.326 e. The largest absolute Gasteiger partial charge is 0.480 e. The van der Waals surface area contributed by atoms with Gasteiger partial charge >= 0.3 is 5.97 Å². The van der Waals surface area contributed by atoms with Crippen molar-refractivity contribution in [3.8, 4) is 0 Å². The third-order valence-corrected chi connectivity index (χ3v) is 2.50. The molecule has 0 spiro atoms. The lowest BCUT2D eigenvalue weighted by molar-refractivity contribution is -0.142. The maximum absolute atomic E-state index is 11.6. The first-order valence-corrected chi connectivity index (χ1v) is 5.95. The second kappa shape index (κ2) is 8.46. The number of nitrogens with two attached hydrogens (primary N) is 2. The van der Waals surface area contributed by atoms with Crippen molar-refractivity contribution in [2.24, 2.45) is 11.5 Å². The number of amides is 2. The minimum Gasteiger partial charge on any atom is -0.480 e. The minimum atomic E-state index is -1.20. The van der Waals surface area contributed by atoms with Crippen molar-refractivity contribution < 1.29 is 19.5 Å². The number of unbranched alkanes of at least 4 members (excludes halogenated alkanes) is 1. The Morgan fingerprint density at radius 2 is 1.89 bits per heavy atom. The lowest BCUT2D eigenvalue weighted by Gasteiger charge is -2.17. The number of carboxylic acid groups (broad SMARTS) is 1. The Hall–Kier alpha value is -1.63. The highest BCUT2D eigenvalue weighted by atomic mass is 16.4. The molecule has 0 aliphatic carbocycles. The number of rotatable bonds is 9. The molecule has 2 amide bonds. The second-order valence-electron chi connectivity index (χ2n) is 4.15. The van der Waals surface area contributed by atoms with Crippen LogP contribution >= 0.6 is 0 Å². The van der Waals surface area contributed by atoms with E-state index in [0.717, 1.165) is 12.8 Å². The summed E-state index contributed by atoms with van der Waals surface area (Å²) >= 11 is 0. The molecule has 7 heteroatoms. The molecule has 0 saturated heterocycles. The fourth-order valence-electron chi connectivity index (χ4n) is 1.38. The van der Waals surface area contributed by atoms with Crippen molar-refractivity contribution in [3.63, 3.8) is 0 Å². The molecule has 0 saturated carbocycles. The summed E-state index contributed by atoms with van der Waals surface area (Å²) in [5, 5.41) is 11.2. The van der Waals surface area contributed by atoms with Gasteiger partial charge in [-0.3, -0.25) is 9.59 Å². The zero-order valence-corrected chi connectivity index (χ0v) is 10.5. The molecule has 6 N–H and O–H groups in total. The van der Waals surface area contributed by atoms with Gasteiger partial charge in [0.2, 0.25) is 11.8 Å². The molecule has 7 nitrogen and oxygen atoms in total. The number of aliphatic carboxylic acids is 1. The Labute approximate surface area is 106 Å². The van der Waals surface area contributed by atoms with Gasteiger partial charge in [-0.2, -0.15) is 0 Å². The van der Waals surface area contributed by atoms with Gasteiger partial charge in [0.15, 0.2) is 0 Å². The minimum absolute atomic E-state index is 0.0308. The molecule has 0 fully saturated rings. The summed E-state index contributed by atoms with van der Waals surface area (Å²) in [7, 11) is 0. The summed E-state index contributed by atoms with van der Waals surface area (Å²) in [6, 6.07) is -1.85. The van der Waals surface area contributed by atoms with E-state index in [0.29, 0.717) is 6.42 Å². The van der Waals surface area contributed by atoms with E-state index in [1.165, 1.54) is 0 Å². The number of primary amides is 1. The Kier molecular flexibility index (Phi) is 7.69. The number of hydrogen-bond acceptors (Lipinski definition) is 4. The van der Waals surface area contributed by atoms with Gasteiger partial charge in [0, 0.05) is 6.42 Å². The van der Waals surface area contributed by atoms with Gasteiger partial charge in [0.25, 0.3) is 0 Å². The molecular weight excluding hydrogens is 238 g/mol. The molecule has 0 aromatic heterocycles. The van der Waals surface area contributed by atoms with Gasteiger partial charge in [0.05, 0.1) is 6.04 Å². The van der Waals surface area contributed by atoms with Crippen molar-refractivity contribution in [2.45, 2.75) is 51.1 Å². The molecule has 0 aromatic carbocycles. The van der Waals surface area contributed by atoms with Gasteiger partial charge in [-0.15, -0.1) is 0 Å². The van der Waals surface area contributed by atoms with Crippen LogP contribution in [0.3, 0.4) is 0 Å². The number of carbonyl (C=O) groups is 3. The molecule has 0 aliphatic rings. The van der Waals surface area contributed by atoms with Crippen LogP contribution in [0.5, 0.6) is 0 Å². The fourth-order valence-corrected chi connectivity index (χ4v) is 1.38. The van der Waals surface area contributed by atoms with Crippen molar-refractivity contribution in [3.05, 3.63) is 0 Å². The van der Waals surface area contributed by atoms with E-state index in [9.17, 15) is 14.4 Å². The van der Waals surface area contributed by atoms with Crippen LogP contribution in [0, 0.1) is 0 Å². The predicted octanol–water partition coefficient (Wildman–Crippen LogP) is -0.661. The standard InChI is InChI=1S/C11H21N3O4/c1-2-3-4-7(12)10(16)14-8(11(17)18)5-6-9(13)15/h7-8H,2-6,12H2,1H3,(H2,13,15)(H,14,16)(H,17,18)/t7-,8-/m0/s1. The second-order valence-corrected chi connectivity index (χ2v) is 4.15. The summed E-state index contributed by atoms with van der Waals surface area (Å²) in [6.07, 6.45) is 2.08. The van der Waals surface area contributed by atoms with Crippen LogP contribution in [0.15, 0.2) is 0 Å². The van der Waals surface area contributed by atoms with Gasteiger partial charge in [0.1, 0.15) is 6.04 Å². The molecule has 104 valence electrons. The lowest BCUT2D eigenvalue weighted by Crippen LogP contribution is -2.48. The number of carbonyl (C=O) groups excluding carboxylic acids is 2. The van der Waals surface area contributed by atoms with Crippen molar-refractivity contribution >= 4 is 17.8 Å². The van der Waals surface area contributed by atoms with E-state index in [4.69, 9.17) is 16.6 Å². The maximum atomic E-state index is 11.6. The van der Waals surface area contributed by atoms with Gasteiger partial charge in [-0.05, 0) is 12.8 Å². The van der Waals surface area contributed by atoms with Crippen molar-refractivity contribution in [1.29, 1.82) is 0 Å². The number of nitrogens with one attached hydrogen (secondary N) is 1. The van der Waals surface area contributed by atoms with Gasteiger partial charge < -0.3 is 21.9 Å². The van der Waals surface area contributed by atoms with Crippen LogP contribution in [0.4, 0.5) is 0 Å². The molecule has 0 bridgehead atoms. The zero-order chi connectivity index (χ0) is 14.1. The highest BCUT2D eigenvalue weighted by Crippen LogP contribution is 2.01. The van der Waals surface area contributed by atoms with E-state index in [1.54, 1.807) is 0 Å². The summed E-state index contributed by atoms with van der Waals surface area (Å²) in [6.45, 7) is 1.97. The molecule has 0 heterocycles. The quantitative estimate of drug-likeness (QED) is 0.436. The zero-order valence-electron chi connectivity index (χ0n) is 10.5. The summed E-state index contributed by atoms with van der Waals surface area (Å²) in [5.41, 5.74) is 10.5. The Morgan fingerprint density at radius 3 is 2.33 bits per heavy atom. The first-order chi connectivity index (χ1) is 8.38. The van der Waals surface area contributed by atoms with Crippen molar-refractivity contribution in [1.82, 2.24) is 5.32 Å². The topological polar surface area (TPSA) is 136 Å². The molecule has 0 aromatic rings. The number of carboxylic acids is 1. The molecule has 0 unspecified atom stereocenters. The lowest BCUT2D eigenvalue weighted by atomic mass is 10.1. The monoisotopic (exact) mass is 259 g/mol. The van der Waals surface area contributed by atoms with E-state index in [-0.39, 0.29) is 12.8 Å². The van der Waals surface area contributed by atoms with Crippen LogP contribution < -0.4 is 16.8 Å². The average Bonchev–Trinajstić information content (AvgIpc) is 2.30. The molecule has 0 radical (unpaired) electrons. The van der Waals surface area contributed by atoms with E-state index in [2.05, 4.69) is 5.32 Å². The Balaban J connectivity index is 4.26. The van der Waals surface area contributed by atoms with E-state index >= 15 is 0 Å². The van der Waals surface area contributed by atoms with Crippen LogP contribution in [0.25, 0.3) is 0 Å². The average molecular weight is 259 g/mol. The predicted molar refractivity (Wildman–Crippen MR) is 65.5 cm³/mol. The van der Waals surface area contributed by atoms with Crippen LogP contribution in [0.2, 0.25) is 0 Å². The Bertz CT molecular complexity index is 307. The maximum Gasteiger partial charge on any atom is 0.326 e. The highest BCUT2D eigenvalue weighted by molar-refractivity contribution is 5.87. The fraction of sp³-hybridized carbons (Fsp3) is 0.727. The SMILES string of the molecule is CCCC[C@H](N)C(=O)N[C@@H](CCC(N)=O)C(=O)O. The molecular formula is C11H21N3O4. The van der Waals surface area contributed by atoms with Crippen LogP contribution in [0.1, 0.15) is 39.0 Å². The van der Waals surface area contributed by atoms with E-state index in [1.807, 2.05) is 6.92 Å². The van der Waals surface area contributed by atoms with Gasteiger partial charge in [-0.1, -0.05) is 19.8 Å².